The van der Waals surface area contributed by atoms with Crippen LogP contribution in [0.3, 0.4) is 0 Å². The van der Waals surface area contributed by atoms with Crippen molar-refractivity contribution in [2.75, 3.05) is 43.0 Å². The average molecular weight is 317 g/mol. The summed E-state index contributed by atoms with van der Waals surface area (Å²) in [5.41, 5.74) is 1.81. The van der Waals surface area contributed by atoms with E-state index in [2.05, 4.69) is 35.5 Å². The van der Waals surface area contributed by atoms with Crippen LogP contribution in [0.2, 0.25) is 0 Å². The third kappa shape index (κ3) is 4.48. The molecule has 0 atom stereocenters. The van der Waals surface area contributed by atoms with Gasteiger partial charge in [0.25, 0.3) is 0 Å². The Morgan fingerprint density at radius 3 is 2.61 bits per heavy atom. The first-order valence-corrected chi connectivity index (χ1v) is 8.24. The largest absolute Gasteiger partial charge is 0.492 e. The second-order valence-electron chi connectivity index (χ2n) is 5.92. The lowest BCUT2D eigenvalue weighted by atomic mass is 10.2. The van der Waals surface area contributed by atoms with E-state index in [1.807, 2.05) is 25.1 Å². The van der Waals surface area contributed by atoms with Gasteiger partial charge in [-0.05, 0) is 39.0 Å². The van der Waals surface area contributed by atoms with Crippen molar-refractivity contribution in [1.82, 2.24) is 4.90 Å². The van der Waals surface area contributed by atoms with Gasteiger partial charge in [0.2, 0.25) is 5.91 Å². The van der Waals surface area contributed by atoms with E-state index in [0.717, 1.165) is 31.9 Å². The second-order valence-corrected chi connectivity index (χ2v) is 5.92. The van der Waals surface area contributed by atoms with Crippen molar-refractivity contribution in [3.63, 3.8) is 0 Å². The quantitative estimate of drug-likeness (QED) is 0.820. The van der Waals surface area contributed by atoms with Gasteiger partial charge in [-0.3, -0.25) is 9.69 Å². The van der Waals surface area contributed by atoms with E-state index in [4.69, 9.17) is 4.74 Å². The molecule has 1 aliphatic rings. The Bertz CT molecular complexity index is 549. The van der Waals surface area contributed by atoms with Gasteiger partial charge in [0.1, 0.15) is 5.75 Å². The summed E-state index contributed by atoms with van der Waals surface area (Å²) in [4.78, 5) is 16.4. The van der Waals surface area contributed by atoms with Crippen LogP contribution in [0.15, 0.2) is 30.9 Å². The Morgan fingerprint density at radius 1 is 1.35 bits per heavy atom. The highest BCUT2D eigenvalue weighted by molar-refractivity contribution is 6.00. The van der Waals surface area contributed by atoms with Gasteiger partial charge < -0.3 is 15.0 Å². The number of amides is 1. The maximum Gasteiger partial charge on any atom is 0.247 e. The standard InChI is InChI=1S/C18H27N3O2/c1-5-18(22)19-16-8-7-15(13-17(16)23-6-2)21-11-9-20(10-12-21)14(3)4/h5,7-8,13-14H,1,6,9-12H2,2-4H3,(H,19,22). The topological polar surface area (TPSA) is 44.8 Å². The van der Waals surface area contributed by atoms with Crippen LogP contribution in [0.25, 0.3) is 0 Å². The van der Waals surface area contributed by atoms with Crippen molar-refractivity contribution in [1.29, 1.82) is 0 Å². The molecule has 0 aliphatic carbocycles. The van der Waals surface area contributed by atoms with Crippen molar-refractivity contribution < 1.29 is 9.53 Å². The molecule has 0 bridgehead atoms. The first-order valence-electron chi connectivity index (χ1n) is 8.24. The molecule has 0 saturated carbocycles. The Balaban J connectivity index is 2.12. The summed E-state index contributed by atoms with van der Waals surface area (Å²) < 4.78 is 5.69. The number of hydrogen-bond acceptors (Lipinski definition) is 4. The third-order valence-corrected chi connectivity index (χ3v) is 4.12. The molecule has 1 aliphatic heterocycles. The lowest BCUT2D eigenvalue weighted by Crippen LogP contribution is -2.48. The predicted octanol–water partition coefficient (Wildman–Crippen LogP) is 2.74. The molecule has 1 aromatic rings. The van der Waals surface area contributed by atoms with Crippen molar-refractivity contribution >= 4 is 17.3 Å². The fraction of sp³-hybridized carbons (Fsp3) is 0.500. The van der Waals surface area contributed by atoms with Crippen LogP contribution in [0.5, 0.6) is 5.75 Å². The number of rotatable bonds is 6. The number of hydrogen-bond donors (Lipinski definition) is 1. The summed E-state index contributed by atoms with van der Waals surface area (Å²) in [7, 11) is 0. The van der Waals surface area contributed by atoms with Crippen molar-refractivity contribution in [2.45, 2.75) is 26.8 Å². The summed E-state index contributed by atoms with van der Waals surface area (Å²) in [6, 6.07) is 6.53. The van der Waals surface area contributed by atoms with E-state index in [1.165, 1.54) is 6.08 Å². The van der Waals surface area contributed by atoms with Gasteiger partial charge in [0, 0.05) is 44.0 Å². The minimum Gasteiger partial charge on any atom is -0.492 e. The van der Waals surface area contributed by atoms with Crippen molar-refractivity contribution in [2.24, 2.45) is 0 Å². The Labute approximate surface area is 138 Å². The highest BCUT2D eigenvalue weighted by Gasteiger charge is 2.20. The Kier molecular flexibility index (Phi) is 6.04. The predicted molar refractivity (Wildman–Crippen MR) is 95.4 cm³/mol. The van der Waals surface area contributed by atoms with Crippen LogP contribution in [0.1, 0.15) is 20.8 Å². The van der Waals surface area contributed by atoms with Crippen molar-refractivity contribution in [3.05, 3.63) is 30.9 Å². The molecular formula is C18H27N3O2. The summed E-state index contributed by atoms with van der Waals surface area (Å²) in [5.74, 6) is 0.468. The first-order chi connectivity index (χ1) is 11.0. The lowest BCUT2D eigenvalue weighted by Gasteiger charge is -2.38. The van der Waals surface area contributed by atoms with Gasteiger partial charge in [-0.25, -0.2) is 0 Å². The van der Waals surface area contributed by atoms with Crippen LogP contribution in [0, 0.1) is 0 Å². The summed E-state index contributed by atoms with van der Waals surface area (Å²) >= 11 is 0. The molecule has 1 N–H and O–H groups in total. The SMILES string of the molecule is C=CC(=O)Nc1ccc(N2CCN(C(C)C)CC2)cc1OCC. The molecule has 1 saturated heterocycles. The number of anilines is 2. The van der Waals surface area contributed by atoms with Gasteiger partial charge in [-0.2, -0.15) is 0 Å². The number of nitrogens with one attached hydrogen (secondary N) is 1. The number of ether oxygens (including phenoxy) is 1. The Morgan fingerprint density at radius 2 is 2.04 bits per heavy atom. The number of carbonyl (C=O) groups excluding carboxylic acids is 1. The molecule has 0 radical (unpaired) electrons. The average Bonchev–Trinajstić information content (AvgIpc) is 2.56. The first kappa shape index (κ1) is 17.3. The fourth-order valence-corrected chi connectivity index (χ4v) is 2.77. The zero-order valence-corrected chi connectivity index (χ0v) is 14.3. The molecule has 2 rings (SSSR count). The van der Waals surface area contributed by atoms with Gasteiger partial charge in [0.15, 0.2) is 0 Å². The van der Waals surface area contributed by atoms with E-state index in [0.29, 0.717) is 24.1 Å². The van der Waals surface area contributed by atoms with Crippen LogP contribution >= 0.6 is 0 Å². The van der Waals surface area contributed by atoms with Gasteiger partial charge in [-0.1, -0.05) is 6.58 Å². The molecule has 23 heavy (non-hydrogen) atoms. The third-order valence-electron chi connectivity index (χ3n) is 4.12. The normalized spacial score (nSPS) is 15.6. The maximum atomic E-state index is 11.5. The van der Waals surface area contributed by atoms with E-state index >= 15 is 0 Å². The molecule has 5 nitrogen and oxygen atoms in total. The number of carbonyl (C=O) groups is 1. The highest BCUT2D eigenvalue weighted by Crippen LogP contribution is 2.31. The fourth-order valence-electron chi connectivity index (χ4n) is 2.77. The smallest absolute Gasteiger partial charge is 0.247 e. The van der Waals surface area contributed by atoms with E-state index in [1.54, 1.807) is 0 Å². The monoisotopic (exact) mass is 317 g/mol. The highest BCUT2D eigenvalue weighted by atomic mass is 16.5. The van der Waals surface area contributed by atoms with Crippen LogP contribution in [-0.4, -0.2) is 49.6 Å². The zero-order chi connectivity index (χ0) is 16.8. The molecule has 5 heteroatoms. The molecule has 1 heterocycles. The van der Waals surface area contributed by atoms with Crippen LogP contribution in [-0.2, 0) is 4.79 Å². The molecular weight excluding hydrogens is 290 g/mol. The van der Waals surface area contributed by atoms with Gasteiger partial charge >= 0.3 is 0 Å². The second kappa shape index (κ2) is 8.02. The molecule has 1 amide bonds. The number of piperazine rings is 1. The van der Waals surface area contributed by atoms with Crippen LogP contribution < -0.4 is 15.0 Å². The van der Waals surface area contributed by atoms with Crippen molar-refractivity contribution in [3.8, 4) is 5.75 Å². The minimum atomic E-state index is -0.232. The summed E-state index contributed by atoms with van der Waals surface area (Å²) in [6.45, 7) is 14.6. The summed E-state index contributed by atoms with van der Waals surface area (Å²) in [6.07, 6.45) is 1.26. The maximum absolute atomic E-state index is 11.5. The Hall–Kier alpha value is -2.01. The van der Waals surface area contributed by atoms with E-state index < -0.39 is 0 Å². The van der Waals surface area contributed by atoms with Gasteiger partial charge in [-0.15, -0.1) is 0 Å². The molecule has 0 aromatic heterocycles. The molecule has 1 fully saturated rings. The van der Waals surface area contributed by atoms with E-state index in [9.17, 15) is 4.79 Å². The minimum absolute atomic E-state index is 0.232. The number of benzene rings is 1. The van der Waals surface area contributed by atoms with Gasteiger partial charge in [0.05, 0.1) is 12.3 Å². The lowest BCUT2D eigenvalue weighted by molar-refractivity contribution is -0.111. The van der Waals surface area contributed by atoms with E-state index in [-0.39, 0.29) is 5.91 Å². The zero-order valence-electron chi connectivity index (χ0n) is 14.3. The molecule has 1 aromatic carbocycles. The number of nitrogens with zero attached hydrogens (tertiary/aromatic N) is 2. The molecule has 0 unspecified atom stereocenters. The molecule has 0 spiro atoms. The van der Waals surface area contributed by atoms with Crippen LogP contribution in [0.4, 0.5) is 11.4 Å². The summed E-state index contributed by atoms with van der Waals surface area (Å²) in [5, 5.41) is 2.79. The molecule has 126 valence electrons.